The highest BCUT2D eigenvalue weighted by Crippen LogP contribution is 2.62. The van der Waals surface area contributed by atoms with Crippen LogP contribution in [0.3, 0.4) is 0 Å². The molecule has 0 heterocycles. The Balaban J connectivity index is 1.21. The summed E-state index contributed by atoms with van der Waals surface area (Å²) >= 11 is 0. The van der Waals surface area contributed by atoms with Crippen molar-refractivity contribution in [3.63, 3.8) is 0 Å². The zero-order valence-corrected chi connectivity index (χ0v) is 34.3. The number of halogens is 9. The summed E-state index contributed by atoms with van der Waals surface area (Å²) in [5.74, 6) is 3.22. The van der Waals surface area contributed by atoms with Gasteiger partial charge in [-0.2, -0.15) is 39.5 Å². The van der Waals surface area contributed by atoms with E-state index in [1.807, 2.05) is 21.6 Å². The summed E-state index contributed by atoms with van der Waals surface area (Å²) in [5, 5.41) is 18.4. The van der Waals surface area contributed by atoms with Crippen LogP contribution in [0.2, 0.25) is 0 Å². The van der Waals surface area contributed by atoms with Gasteiger partial charge in [-0.05, 0) is 125 Å². The van der Waals surface area contributed by atoms with Gasteiger partial charge in [0, 0.05) is 42.7 Å². The Morgan fingerprint density at radius 2 is 1.54 bits per heavy atom. The smallest absolute Gasteiger partial charge is 0.435 e. The van der Waals surface area contributed by atoms with Crippen molar-refractivity contribution in [2.24, 2.45) is 23.2 Å². The van der Waals surface area contributed by atoms with E-state index in [2.05, 4.69) is 43.7 Å². The highest BCUT2D eigenvalue weighted by molar-refractivity contribution is 8.77. The summed E-state index contributed by atoms with van der Waals surface area (Å²) in [5.41, 5.74) is -3.65. The molecule has 0 aromatic heterocycles. The molecule has 2 fully saturated rings. The quantitative estimate of drug-likeness (QED) is 0.0720. The molecule has 3 aliphatic rings. The molecule has 1 aromatic carbocycles. The molecule has 3 unspecified atom stereocenters. The molecule has 0 saturated heterocycles. The van der Waals surface area contributed by atoms with Gasteiger partial charge in [-0.25, -0.2) is 0 Å². The summed E-state index contributed by atoms with van der Waals surface area (Å²) in [7, 11) is 5.10. The van der Waals surface area contributed by atoms with E-state index in [0.717, 1.165) is 75.7 Å². The Labute approximate surface area is 332 Å². The third-order valence-corrected chi connectivity index (χ3v) is 15.7. The van der Waals surface area contributed by atoms with E-state index in [1.54, 1.807) is 0 Å². The topological polar surface area (TPSA) is 71.4 Å². The van der Waals surface area contributed by atoms with Crippen molar-refractivity contribution in [3.8, 4) is 5.75 Å². The molecular weight excluding hydrogens is 798 g/mol. The fourth-order valence-corrected chi connectivity index (χ4v) is 11.6. The summed E-state index contributed by atoms with van der Waals surface area (Å²) < 4.78 is 135. The summed E-state index contributed by atoms with van der Waals surface area (Å²) in [6.45, 7) is 5.54. The maximum Gasteiger partial charge on any atom is 0.435 e. The molecule has 2 saturated carbocycles. The maximum atomic E-state index is 13.2. The first-order valence-electron chi connectivity index (χ1n) is 19.5. The Morgan fingerprint density at radius 1 is 0.875 bits per heavy atom. The van der Waals surface area contributed by atoms with Crippen molar-refractivity contribution in [1.29, 1.82) is 0 Å². The highest BCUT2D eigenvalue weighted by atomic mass is 33.1. The zero-order valence-electron chi connectivity index (χ0n) is 32.6. The van der Waals surface area contributed by atoms with E-state index < -0.39 is 37.3 Å². The third-order valence-electron chi connectivity index (χ3n) is 12.3. The molecule has 0 spiro atoms. The Hall–Kier alpha value is -1.11. The van der Waals surface area contributed by atoms with Crippen LogP contribution in [-0.2, 0) is 15.9 Å². The lowest BCUT2D eigenvalue weighted by Crippen LogP contribution is -2.68. The summed E-state index contributed by atoms with van der Waals surface area (Å²) in [4.78, 5) is 1.30. The Bertz CT molecular complexity index is 1340. The van der Waals surface area contributed by atoms with Crippen LogP contribution in [0.4, 0.5) is 39.5 Å². The number of aryl methyl sites for hydroxylation is 1. The van der Waals surface area contributed by atoms with Gasteiger partial charge in [-0.1, -0.05) is 41.0 Å². The number of hydrogen-bond acceptors (Lipinski definition) is 8. The van der Waals surface area contributed by atoms with Crippen molar-refractivity contribution in [2.45, 2.75) is 126 Å². The number of unbranched alkanes of at least 4 members (excludes halogenated alkanes) is 1. The number of hydrogen-bond donors (Lipinski definition) is 2. The number of rotatable bonds is 21. The molecule has 6 nitrogen and oxygen atoms in total. The molecule has 3 aliphatic carbocycles. The number of ether oxygens (including phenoxy) is 3. The molecule has 5 atom stereocenters. The zero-order chi connectivity index (χ0) is 41.6. The number of likely N-dealkylation sites (N-methyl/N-ethyl adjacent to an activating group) is 1. The minimum absolute atomic E-state index is 0.0243. The molecule has 0 aliphatic heterocycles. The first-order chi connectivity index (χ1) is 26.1. The molecule has 4 rings (SSSR count). The second kappa shape index (κ2) is 19.5. The van der Waals surface area contributed by atoms with E-state index in [9.17, 15) is 49.7 Å². The van der Waals surface area contributed by atoms with Crippen LogP contribution in [0.25, 0.3) is 0 Å². The molecule has 0 amide bonds. The first kappa shape index (κ1) is 47.6. The average Bonchev–Trinajstić information content (AvgIpc) is 3.43. The fourth-order valence-electron chi connectivity index (χ4n) is 8.91. The van der Waals surface area contributed by atoms with Crippen molar-refractivity contribution in [1.82, 2.24) is 4.90 Å². The lowest BCUT2D eigenvalue weighted by atomic mass is 9.55. The van der Waals surface area contributed by atoms with Gasteiger partial charge in [0.2, 0.25) is 0 Å². The molecule has 1 aromatic rings. The first-order valence-corrected chi connectivity index (χ1v) is 21.8. The molecule has 324 valence electrons. The average molecular weight is 856 g/mol. The predicted molar refractivity (Wildman–Crippen MR) is 201 cm³/mol. The minimum atomic E-state index is -6.75. The van der Waals surface area contributed by atoms with Crippen LogP contribution in [0.15, 0.2) is 18.2 Å². The SMILES string of the molecule is CN(CCO[C@H]1CCC2C3CCc4cc(OCCC(C)(C)SSCCCCC(CO)CO)ccc4C3CC[C@@]21C)CCOC(C(F)(F)F)(C(F)(F)F)C(F)(F)F. The van der Waals surface area contributed by atoms with Gasteiger partial charge in [0.25, 0.3) is 0 Å². The van der Waals surface area contributed by atoms with Crippen molar-refractivity contribution >= 4 is 21.6 Å². The van der Waals surface area contributed by atoms with E-state index >= 15 is 0 Å². The Kier molecular flexibility index (Phi) is 16.6. The second-order valence-electron chi connectivity index (χ2n) is 16.6. The minimum Gasteiger partial charge on any atom is -0.494 e. The standard InChI is InChI=1S/C39H58F9NO5S2/c1-34(2,56-55-22-6-5-7-26(24-50)25-51)16-19-52-28-9-11-29-27(23-28)8-10-31-30(29)14-15-35(3)32(31)12-13-33(35)53-20-17-49(4)18-21-54-36(37(40,41)42,38(43,44)45)39(46,47)48/h9,11,23,26,30-33,50-51H,5-8,10,12-22,24-25H2,1-4H3/t30?,31?,32?,33-,35-/m0/s1. The Morgan fingerprint density at radius 3 is 2.18 bits per heavy atom. The van der Waals surface area contributed by atoms with Crippen molar-refractivity contribution in [2.75, 3.05) is 58.9 Å². The lowest BCUT2D eigenvalue weighted by molar-refractivity contribution is -0.457. The van der Waals surface area contributed by atoms with Crippen LogP contribution in [0.1, 0.15) is 95.6 Å². The van der Waals surface area contributed by atoms with Crippen molar-refractivity contribution < 1.29 is 63.9 Å². The number of aliphatic hydroxyl groups is 2. The second-order valence-corrected chi connectivity index (χ2v) is 19.7. The van der Waals surface area contributed by atoms with Crippen LogP contribution in [-0.4, -0.2) is 109 Å². The van der Waals surface area contributed by atoms with Gasteiger partial charge >= 0.3 is 24.1 Å². The molecular formula is C39H58F9NO5S2. The normalized spacial score (nSPS) is 24.7. The largest absolute Gasteiger partial charge is 0.494 e. The van der Waals surface area contributed by atoms with Crippen molar-refractivity contribution in [3.05, 3.63) is 29.3 Å². The monoisotopic (exact) mass is 855 g/mol. The summed E-state index contributed by atoms with van der Waals surface area (Å²) in [6.07, 6.45) is -10.8. The van der Waals surface area contributed by atoms with E-state index in [1.165, 1.54) is 23.1 Å². The van der Waals surface area contributed by atoms with Crippen LogP contribution >= 0.6 is 21.6 Å². The van der Waals surface area contributed by atoms with Crippen LogP contribution in [0.5, 0.6) is 5.75 Å². The fraction of sp³-hybridized carbons (Fsp3) is 0.846. The van der Waals surface area contributed by atoms with E-state index in [-0.39, 0.29) is 48.5 Å². The van der Waals surface area contributed by atoms with Gasteiger partial charge in [-0.3, -0.25) is 0 Å². The number of fused-ring (bicyclic) bond motifs is 5. The number of aliphatic hydroxyl groups excluding tert-OH is 2. The van der Waals surface area contributed by atoms with Gasteiger partial charge in [-0.15, -0.1) is 0 Å². The van der Waals surface area contributed by atoms with Gasteiger partial charge < -0.3 is 29.3 Å². The molecule has 2 N–H and O–H groups in total. The third kappa shape index (κ3) is 11.2. The summed E-state index contributed by atoms with van der Waals surface area (Å²) in [6, 6.07) is 6.49. The molecule has 0 bridgehead atoms. The maximum absolute atomic E-state index is 13.2. The van der Waals surface area contributed by atoms with Gasteiger partial charge in [0.15, 0.2) is 0 Å². The van der Waals surface area contributed by atoms with Gasteiger partial charge in [0.1, 0.15) is 5.75 Å². The highest BCUT2D eigenvalue weighted by Gasteiger charge is 2.85. The number of nitrogens with zero attached hydrogens (tertiary/aromatic N) is 1. The van der Waals surface area contributed by atoms with Gasteiger partial charge in [0.05, 0.1) is 25.9 Å². The molecule has 17 heteroatoms. The van der Waals surface area contributed by atoms with Crippen LogP contribution < -0.4 is 4.74 Å². The number of benzene rings is 1. The number of alkyl halides is 9. The van der Waals surface area contributed by atoms with E-state index in [4.69, 9.17) is 9.47 Å². The van der Waals surface area contributed by atoms with E-state index in [0.29, 0.717) is 24.4 Å². The van der Waals surface area contributed by atoms with Crippen LogP contribution in [0, 0.1) is 23.2 Å². The molecule has 0 radical (unpaired) electrons. The lowest BCUT2D eigenvalue weighted by Gasteiger charge is -2.50. The predicted octanol–water partition coefficient (Wildman–Crippen LogP) is 10.0. The molecule has 56 heavy (non-hydrogen) atoms.